The molecular formula is C4H5ClF3NO. The van der Waals surface area contributed by atoms with Crippen LogP contribution in [0.3, 0.4) is 0 Å². The Labute approximate surface area is 60.1 Å². The number of carbonyl (C=O) groups is 1. The van der Waals surface area contributed by atoms with Crippen LogP contribution in [0.15, 0.2) is 0 Å². The Bertz CT molecular complexity index is 135. The van der Waals surface area contributed by atoms with E-state index in [-0.39, 0.29) is 0 Å². The van der Waals surface area contributed by atoms with E-state index in [4.69, 9.17) is 11.6 Å². The maximum Gasteiger partial charge on any atom is 0.401 e. The third-order valence-electron chi connectivity index (χ3n) is 0.893. The number of primary amides is 1. The van der Waals surface area contributed by atoms with E-state index in [1.165, 1.54) is 0 Å². The van der Waals surface area contributed by atoms with Gasteiger partial charge in [-0.1, -0.05) is 0 Å². The fourth-order valence-electron chi connectivity index (χ4n) is 0.325. The summed E-state index contributed by atoms with van der Waals surface area (Å²) in [6.07, 6.45) is -4.62. The largest absolute Gasteiger partial charge is 0.401 e. The first-order valence-corrected chi connectivity index (χ1v) is 2.85. The van der Waals surface area contributed by atoms with Gasteiger partial charge in [-0.05, 0) is 0 Å². The van der Waals surface area contributed by atoms with E-state index in [1.807, 2.05) is 0 Å². The van der Waals surface area contributed by atoms with Gasteiger partial charge in [-0.2, -0.15) is 13.2 Å². The quantitative estimate of drug-likeness (QED) is 0.623. The van der Waals surface area contributed by atoms with Crippen LogP contribution in [0.25, 0.3) is 0 Å². The summed E-state index contributed by atoms with van der Waals surface area (Å²) in [5.74, 6) is -4.49. The molecule has 0 saturated carbocycles. The zero-order chi connectivity index (χ0) is 8.36. The zero-order valence-corrected chi connectivity index (χ0v) is 5.54. The normalized spacial score (nSPS) is 14.8. The van der Waals surface area contributed by atoms with Crippen molar-refractivity contribution in [2.45, 2.75) is 6.18 Å². The fraction of sp³-hybridized carbons (Fsp3) is 0.750. The summed E-state index contributed by atoms with van der Waals surface area (Å²) in [6.45, 7) is 0. The van der Waals surface area contributed by atoms with Gasteiger partial charge in [0.15, 0.2) is 0 Å². The van der Waals surface area contributed by atoms with E-state index in [9.17, 15) is 18.0 Å². The van der Waals surface area contributed by atoms with Gasteiger partial charge in [0.05, 0.1) is 0 Å². The molecule has 0 aliphatic heterocycles. The van der Waals surface area contributed by atoms with Crippen LogP contribution in [0, 0.1) is 5.92 Å². The van der Waals surface area contributed by atoms with E-state index < -0.39 is 23.9 Å². The van der Waals surface area contributed by atoms with Gasteiger partial charge in [-0.15, -0.1) is 11.6 Å². The Hall–Kier alpha value is -0.450. The monoisotopic (exact) mass is 175 g/mol. The SMILES string of the molecule is NC(=O)C(CCl)C(F)(F)F. The molecule has 60 valence electrons. The third-order valence-corrected chi connectivity index (χ3v) is 1.20. The molecule has 0 aliphatic carbocycles. The van der Waals surface area contributed by atoms with Crippen LogP contribution >= 0.6 is 11.6 Å². The topological polar surface area (TPSA) is 43.1 Å². The average Bonchev–Trinajstić information content (AvgIpc) is 1.60. The molecule has 0 radical (unpaired) electrons. The molecule has 0 fully saturated rings. The molecule has 1 atom stereocenters. The molecule has 0 aromatic rings. The summed E-state index contributed by atoms with van der Waals surface area (Å²) in [5, 5.41) is 0. The summed E-state index contributed by atoms with van der Waals surface area (Å²) < 4.78 is 34.8. The Morgan fingerprint density at radius 2 is 2.00 bits per heavy atom. The highest BCUT2D eigenvalue weighted by atomic mass is 35.5. The maximum atomic E-state index is 11.6. The second-order valence-corrected chi connectivity index (χ2v) is 1.96. The van der Waals surface area contributed by atoms with Crippen molar-refractivity contribution in [3.05, 3.63) is 0 Å². The van der Waals surface area contributed by atoms with Crippen molar-refractivity contribution in [2.75, 3.05) is 5.88 Å². The molecule has 2 nitrogen and oxygen atoms in total. The van der Waals surface area contributed by atoms with Crippen molar-refractivity contribution in [2.24, 2.45) is 11.7 Å². The number of hydrogen-bond acceptors (Lipinski definition) is 1. The van der Waals surface area contributed by atoms with Crippen molar-refractivity contribution in [3.8, 4) is 0 Å². The molecule has 0 aromatic heterocycles. The molecule has 0 spiro atoms. The van der Waals surface area contributed by atoms with E-state index in [1.54, 1.807) is 0 Å². The molecule has 0 bridgehead atoms. The molecule has 0 rings (SSSR count). The molecular weight excluding hydrogens is 170 g/mol. The number of halogens is 4. The van der Waals surface area contributed by atoms with Crippen molar-refractivity contribution >= 4 is 17.5 Å². The second kappa shape index (κ2) is 3.09. The van der Waals surface area contributed by atoms with Crippen molar-refractivity contribution in [1.29, 1.82) is 0 Å². The van der Waals surface area contributed by atoms with Crippen molar-refractivity contribution < 1.29 is 18.0 Å². The van der Waals surface area contributed by atoms with Crippen LogP contribution in [-0.4, -0.2) is 18.0 Å². The highest BCUT2D eigenvalue weighted by Gasteiger charge is 2.42. The van der Waals surface area contributed by atoms with Gasteiger partial charge >= 0.3 is 6.18 Å². The Morgan fingerprint density at radius 1 is 1.60 bits per heavy atom. The average molecular weight is 176 g/mol. The molecule has 0 saturated heterocycles. The molecule has 2 N–H and O–H groups in total. The lowest BCUT2D eigenvalue weighted by Gasteiger charge is -2.12. The highest BCUT2D eigenvalue weighted by molar-refractivity contribution is 6.19. The van der Waals surface area contributed by atoms with Crippen LogP contribution in [0.4, 0.5) is 13.2 Å². The number of rotatable bonds is 2. The predicted octanol–water partition coefficient (Wildman–Crippen LogP) is 0.889. The number of hydrogen-bond donors (Lipinski definition) is 1. The molecule has 1 amide bonds. The molecule has 0 aliphatic rings. The smallest absolute Gasteiger partial charge is 0.369 e. The lowest BCUT2D eigenvalue weighted by Crippen LogP contribution is -2.36. The van der Waals surface area contributed by atoms with Gasteiger partial charge in [0.1, 0.15) is 5.92 Å². The van der Waals surface area contributed by atoms with E-state index in [0.717, 1.165) is 0 Å². The van der Waals surface area contributed by atoms with Gasteiger partial charge in [0, 0.05) is 5.88 Å². The van der Waals surface area contributed by atoms with Gasteiger partial charge in [-0.25, -0.2) is 0 Å². The number of carbonyl (C=O) groups excluding carboxylic acids is 1. The second-order valence-electron chi connectivity index (χ2n) is 1.65. The standard InChI is InChI=1S/C4H5ClF3NO/c5-1-2(3(9)10)4(6,7)8/h2H,1H2,(H2,9,10). The number of amides is 1. The highest BCUT2D eigenvalue weighted by Crippen LogP contribution is 2.26. The first-order chi connectivity index (χ1) is 4.39. The minimum atomic E-state index is -4.62. The van der Waals surface area contributed by atoms with Crippen LogP contribution in [-0.2, 0) is 4.79 Å². The summed E-state index contributed by atoms with van der Waals surface area (Å²) in [7, 11) is 0. The third kappa shape index (κ3) is 2.43. The molecule has 1 unspecified atom stereocenters. The van der Waals surface area contributed by atoms with Crippen molar-refractivity contribution in [1.82, 2.24) is 0 Å². The first-order valence-electron chi connectivity index (χ1n) is 2.31. The van der Waals surface area contributed by atoms with Crippen LogP contribution < -0.4 is 5.73 Å². The van der Waals surface area contributed by atoms with Crippen LogP contribution in [0.5, 0.6) is 0 Å². The molecule has 0 aromatic carbocycles. The van der Waals surface area contributed by atoms with Gasteiger partial charge in [0.2, 0.25) is 5.91 Å². The lowest BCUT2D eigenvalue weighted by molar-refractivity contribution is -0.175. The lowest BCUT2D eigenvalue weighted by atomic mass is 10.1. The van der Waals surface area contributed by atoms with Gasteiger partial charge in [0.25, 0.3) is 0 Å². The van der Waals surface area contributed by atoms with E-state index >= 15 is 0 Å². The summed E-state index contributed by atoms with van der Waals surface area (Å²) in [5.41, 5.74) is 4.39. The van der Waals surface area contributed by atoms with Gasteiger partial charge in [-0.3, -0.25) is 4.79 Å². The molecule has 10 heavy (non-hydrogen) atoms. The van der Waals surface area contributed by atoms with Crippen LogP contribution in [0.1, 0.15) is 0 Å². The fourth-order valence-corrected chi connectivity index (χ4v) is 0.652. The Morgan fingerprint density at radius 3 is 2.00 bits per heavy atom. The van der Waals surface area contributed by atoms with Gasteiger partial charge < -0.3 is 5.73 Å². The van der Waals surface area contributed by atoms with E-state index in [0.29, 0.717) is 0 Å². The predicted molar refractivity (Wildman–Crippen MR) is 29.5 cm³/mol. The summed E-state index contributed by atoms with van der Waals surface area (Å²) >= 11 is 4.83. The summed E-state index contributed by atoms with van der Waals surface area (Å²) in [4.78, 5) is 9.99. The first kappa shape index (κ1) is 9.55. The number of nitrogens with two attached hydrogens (primary N) is 1. The Balaban J connectivity index is 4.22. The molecule has 0 heterocycles. The minimum Gasteiger partial charge on any atom is -0.369 e. The van der Waals surface area contributed by atoms with Crippen LogP contribution in [0.2, 0.25) is 0 Å². The minimum absolute atomic E-state index is 0.821. The Kier molecular flexibility index (Phi) is 2.96. The maximum absolute atomic E-state index is 11.6. The summed E-state index contributed by atoms with van der Waals surface area (Å²) in [6, 6.07) is 0. The zero-order valence-electron chi connectivity index (χ0n) is 4.78. The van der Waals surface area contributed by atoms with Crippen molar-refractivity contribution in [3.63, 3.8) is 0 Å². The van der Waals surface area contributed by atoms with E-state index in [2.05, 4.69) is 5.73 Å². The molecule has 6 heteroatoms. The number of alkyl halides is 4.